The number of aromatic nitrogens is 1. The standard InChI is InChI=1S/C20H16FN3O3S/c1-12-22-16(11-28-12)13-2-7-18-17(8-13)24(20(26)10-27-18)9-19(25)23-15-5-3-14(21)4-6-15/h2-8,11H,9-10H2,1H3,(H,23,25). The zero-order valence-electron chi connectivity index (χ0n) is 14.9. The first-order valence-electron chi connectivity index (χ1n) is 8.55. The van der Waals surface area contributed by atoms with Gasteiger partial charge in [-0.05, 0) is 49.4 Å². The van der Waals surface area contributed by atoms with Gasteiger partial charge in [0, 0.05) is 16.6 Å². The van der Waals surface area contributed by atoms with E-state index in [0.717, 1.165) is 16.3 Å². The van der Waals surface area contributed by atoms with Gasteiger partial charge in [-0.3, -0.25) is 14.5 Å². The van der Waals surface area contributed by atoms with Gasteiger partial charge in [0.1, 0.15) is 18.1 Å². The number of nitrogens with zero attached hydrogens (tertiary/aromatic N) is 2. The van der Waals surface area contributed by atoms with Gasteiger partial charge < -0.3 is 10.1 Å². The normalized spacial score (nSPS) is 13.1. The van der Waals surface area contributed by atoms with Gasteiger partial charge in [-0.2, -0.15) is 0 Å². The van der Waals surface area contributed by atoms with Crippen LogP contribution in [0.5, 0.6) is 5.75 Å². The summed E-state index contributed by atoms with van der Waals surface area (Å²) in [6.07, 6.45) is 0. The fourth-order valence-corrected chi connectivity index (χ4v) is 3.53. The van der Waals surface area contributed by atoms with E-state index in [4.69, 9.17) is 4.74 Å². The quantitative estimate of drug-likeness (QED) is 0.730. The summed E-state index contributed by atoms with van der Waals surface area (Å²) in [5.41, 5.74) is 2.62. The first kappa shape index (κ1) is 18.1. The highest BCUT2D eigenvalue weighted by atomic mass is 32.1. The second-order valence-electron chi connectivity index (χ2n) is 6.26. The maximum atomic E-state index is 13.0. The van der Waals surface area contributed by atoms with E-state index in [1.165, 1.54) is 40.5 Å². The number of nitrogens with one attached hydrogen (secondary N) is 1. The molecular weight excluding hydrogens is 381 g/mol. The Morgan fingerprint density at radius 3 is 2.79 bits per heavy atom. The van der Waals surface area contributed by atoms with Crippen molar-refractivity contribution in [2.24, 2.45) is 0 Å². The molecule has 1 aliphatic rings. The molecule has 4 rings (SSSR count). The fourth-order valence-electron chi connectivity index (χ4n) is 2.91. The van der Waals surface area contributed by atoms with Gasteiger partial charge in [0.2, 0.25) is 5.91 Å². The minimum absolute atomic E-state index is 0.133. The second-order valence-corrected chi connectivity index (χ2v) is 7.32. The average Bonchev–Trinajstić information content (AvgIpc) is 3.12. The predicted octanol–water partition coefficient (Wildman–Crippen LogP) is 3.62. The number of ether oxygens (including phenoxy) is 1. The average molecular weight is 397 g/mol. The molecule has 2 amide bonds. The summed E-state index contributed by atoms with van der Waals surface area (Å²) >= 11 is 1.54. The third kappa shape index (κ3) is 3.72. The zero-order valence-corrected chi connectivity index (χ0v) is 15.8. The zero-order chi connectivity index (χ0) is 19.7. The Hall–Kier alpha value is -3.26. The third-order valence-corrected chi connectivity index (χ3v) is 5.02. The molecule has 8 heteroatoms. The number of benzene rings is 2. The summed E-state index contributed by atoms with van der Waals surface area (Å²) in [7, 11) is 0. The Morgan fingerprint density at radius 2 is 2.07 bits per heavy atom. The number of thiazole rings is 1. The highest BCUT2D eigenvalue weighted by Crippen LogP contribution is 2.36. The lowest BCUT2D eigenvalue weighted by Crippen LogP contribution is -2.43. The molecule has 1 aromatic heterocycles. The molecule has 0 aliphatic carbocycles. The van der Waals surface area contributed by atoms with Gasteiger partial charge >= 0.3 is 0 Å². The van der Waals surface area contributed by atoms with Crippen molar-refractivity contribution < 1.29 is 18.7 Å². The van der Waals surface area contributed by atoms with Crippen molar-refractivity contribution in [1.82, 2.24) is 4.98 Å². The van der Waals surface area contributed by atoms with E-state index in [9.17, 15) is 14.0 Å². The van der Waals surface area contributed by atoms with E-state index in [1.807, 2.05) is 18.4 Å². The number of carbonyl (C=O) groups excluding carboxylic acids is 2. The predicted molar refractivity (Wildman–Crippen MR) is 105 cm³/mol. The Bertz CT molecular complexity index is 1050. The molecule has 1 N–H and O–H groups in total. The topological polar surface area (TPSA) is 71.5 Å². The smallest absolute Gasteiger partial charge is 0.265 e. The number of anilines is 2. The summed E-state index contributed by atoms with van der Waals surface area (Å²) < 4.78 is 18.5. The number of fused-ring (bicyclic) bond motifs is 1. The molecule has 142 valence electrons. The van der Waals surface area contributed by atoms with Crippen LogP contribution in [0.15, 0.2) is 47.8 Å². The van der Waals surface area contributed by atoms with Crippen LogP contribution in [0.25, 0.3) is 11.3 Å². The number of carbonyl (C=O) groups is 2. The maximum Gasteiger partial charge on any atom is 0.265 e. The van der Waals surface area contributed by atoms with Gasteiger partial charge in [0.15, 0.2) is 6.61 Å². The Labute approximate surface area is 164 Å². The molecule has 0 spiro atoms. The monoisotopic (exact) mass is 397 g/mol. The highest BCUT2D eigenvalue weighted by molar-refractivity contribution is 7.09. The van der Waals surface area contributed by atoms with Crippen LogP contribution in [-0.2, 0) is 9.59 Å². The van der Waals surface area contributed by atoms with Crippen LogP contribution in [0.3, 0.4) is 0 Å². The molecule has 6 nitrogen and oxygen atoms in total. The maximum absolute atomic E-state index is 13.0. The van der Waals surface area contributed by atoms with E-state index in [0.29, 0.717) is 17.1 Å². The van der Waals surface area contributed by atoms with E-state index < -0.39 is 0 Å². The van der Waals surface area contributed by atoms with E-state index in [2.05, 4.69) is 10.3 Å². The molecule has 2 heterocycles. The molecule has 0 radical (unpaired) electrons. The van der Waals surface area contributed by atoms with Gasteiger partial charge in [-0.1, -0.05) is 0 Å². The number of halogens is 1. The molecule has 3 aromatic rings. The van der Waals surface area contributed by atoms with Crippen LogP contribution < -0.4 is 15.0 Å². The van der Waals surface area contributed by atoms with E-state index in [1.54, 1.807) is 12.1 Å². The van der Waals surface area contributed by atoms with E-state index in [-0.39, 0.29) is 30.8 Å². The highest BCUT2D eigenvalue weighted by Gasteiger charge is 2.28. The largest absolute Gasteiger partial charge is 0.482 e. The lowest BCUT2D eigenvalue weighted by atomic mass is 10.1. The summed E-state index contributed by atoms with van der Waals surface area (Å²) in [4.78, 5) is 30.7. The molecule has 0 unspecified atom stereocenters. The molecule has 1 aliphatic heterocycles. The van der Waals surface area contributed by atoms with Crippen LogP contribution in [0.2, 0.25) is 0 Å². The van der Waals surface area contributed by atoms with Crippen LogP contribution in [-0.4, -0.2) is 29.9 Å². The number of hydrogen-bond acceptors (Lipinski definition) is 5. The van der Waals surface area contributed by atoms with Crippen molar-refractivity contribution in [2.45, 2.75) is 6.92 Å². The first-order chi connectivity index (χ1) is 13.5. The van der Waals surface area contributed by atoms with Crippen molar-refractivity contribution in [3.05, 3.63) is 58.7 Å². The van der Waals surface area contributed by atoms with E-state index >= 15 is 0 Å². The summed E-state index contributed by atoms with van der Waals surface area (Å²) in [6, 6.07) is 10.9. The Kier molecular flexibility index (Phi) is 4.79. The van der Waals surface area contributed by atoms with Crippen LogP contribution in [0.1, 0.15) is 5.01 Å². The molecular formula is C20H16FN3O3S. The second kappa shape index (κ2) is 7.40. The minimum atomic E-state index is -0.389. The van der Waals surface area contributed by atoms with Crippen LogP contribution >= 0.6 is 11.3 Å². The molecule has 0 bridgehead atoms. The number of aryl methyl sites for hydroxylation is 1. The molecule has 28 heavy (non-hydrogen) atoms. The summed E-state index contributed by atoms with van der Waals surface area (Å²) in [5.74, 6) is -0.555. The van der Waals surface area contributed by atoms with Gasteiger partial charge in [-0.15, -0.1) is 11.3 Å². The Balaban J connectivity index is 1.58. The lowest BCUT2D eigenvalue weighted by molar-refractivity contribution is -0.123. The van der Waals surface area contributed by atoms with Crippen molar-refractivity contribution in [2.75, 3.05) is 23.4 Å². The Morgan fingerprint density at radius 1 is 1.29 bits per heavy atom. The molecule has 2 aromatic carbocycles. The summed E-state index contributed by atoms with van der Waals surface area (Å²) in [5, 5.41) is 5.55. The number of hydrogen-bond donors (Lipinski definition) is 1. The molecule has 0 saturated carbocycles. The van der Waals surface area contributed by atoms with Crippen molar-refractivity contribution >= 4 is 34.5 Å². The number of amides is 2. The van der Waals surface area contributed by atoms with Crippen molar-refractivity contribution in [3.63, 3.8) is 0 Å². The molecule has 0 fully saturated rings. The SMILES string of the molecule is Cc1nc(-c2ccc3c(c2)N(CC(=O)Nc2ccc(F)cc2)C(=O)CO3)cs1. The molecule has 0 atom stereocenters. The van der Waals surface area contributed by atoms with Crippen LogP contribution in [0, 0.1) is 12.7 Å². The van der Waals surface area contributed by atoms with Crippen molar-refractivity contribution in [3.8, 4) is 17.0 Å². The van der Waals surface area contributed by atoms with Crippen molar-refractivity contribution in [1.29, 1.82) is 0 Å². The van der Waals surface area contributed by atoms with Gasteiger partial charge in [-0.25, -0.2) is 9.37 Å². The summed E-state index contributed by atoms with van der Waals surface area (Å²) in [6.45, 7) is 1.61. The lowest BCUT2D eigenvalue weighted by Gasteiger charge is -2.29. The fraction of sp³-hybridized carbons (Fsp3) is 0.150. The minimum Gasteiger partial charge on any atom is -0.482 e. The first-order valence-corrected chi connectivity index (χ1v) is 9.43. The number of rotatable bonds is 4. The third-order valence-electron chi connectivity index (χ3n) is 4.25. The van der Waals surface area contributed by atoms with Crippen LogP contribution in [0.4, 0.5) is 15.8 Å². The molecule has 0 saturated heterocycles. The van der Waals surface area contributed by atoms with Gasteiger partial charge in [0.05, 0.1) is 16.4 Å². The van der Waals surface area contributed by atoms with Gasteiger partial charge in [0.25, 0.3) is 5.91 Å².